The van der Waals surface area contributed by atoms with Crippen LogP contribution in [0.3, 0.4) is 0 Å². The van der Waals surface area contributed by atoms with Gasteiger partial charge in [0.2, 0.25) is 0 Å². The highest BCUT2D eigenvalue weighted by molar-refractivity contribution is 9.10. The van der Waals surface area contributed by atoms with Gasteiger partial charge in [0.1, 0.15) is 5.82 Å². The third-order valence-electron chi connectivity index (χ3n) is 2.76. The first-order valence-electron chi connectivity index (χ1n) is 5.15. The van der Waals surface area contributed by atoms with Crippen molar-refractivity contribution in [1.82, 2.24) is 9.97 Å². The monoisotopic (exact) mass is 279 g/mol. The van der Waals surface area contributed by atoms with Crippen molar-refractivity contribution in [2.75, 3.05) is 5.73 Å². The molecule has 1 aliphatic rings. The standard InChI is InChI=1S/C11H10BrN3O/c12-9-5-4-8(16-9)11-14-7-3-1-2-6(7)10(13)15-11/h4-5H,1-3H2,(H2,13,14,15). The predicted octanol–water partition coefficient (Wildman–Crippen LogP) is 2.57. The first kappa shape index (κ1) is 9.84. The van der Waals surface area contributed by atoms with E-state index in [-0.39, 0.29) is 0 Å². The lowest BCUT2D eigenvalue weighted by atomic mass is 10.2. The van der Waals surface area contributed by atoms with Crippen LogP contribution in [0.5, 0.6) is 0 Å². The van der Waals surface area contributed by atoms with Gasteiger partial charge in [-0.15, -0.1) is 0 Å². The molecule has 0 radical (unpaired) electrons. The predicted molar refractivity (Wildman–Crippen MR) is 63.9 cm³/mol. The molecule has 0 saturated heterocycles. The molecule has 2 aromatic heterocycles. The normalized spacial score (nSPS) is 14.1. The lowest BCUT2D eigenvalue weighted by Gasteiger charge is -2.04. The number of hydrogen-bond acceptors (Lipinski definition) is 4. The number of aromatic nitrogens is 2. The van der Waals surface area contributed by atoms with E-state index in [9.17, 15) is 0 Å². The van der Waals surface area contributed by atoms with E-state index in [1.165, 1.54) is 0 Å². The van der Waals surface area contributed by atoms with Gasteiger partial charge in [0, 0.05) is 11.3 Å². The van der Waals surface area contributed by atoms with Gasteiger partial charge in [0.25, 0.3) is 0 Å². The average molecular weight is 280 g/mol. The molecule has 0 saturated carbocycles. The number of hydrogen-bond donors (Lipinski definition) is 1. The topological polar surface area (TPSA) is 64.9 Å². The van der Waals surface area contributed by atoms with Crippen molar-refractivity contribution < 1.29 is 4.42 Å². The molecule has 0 bridgehead atoms. The number of rotatable bonds is 1. The van der Waals surface area contributed by atoms with Crippen LogP contribution < -0.4 is 5.73 Å². The van der Waals surface area contributed by atoms with Gasteiger partial charge in [-0.3, -0.25) is 0 Å². The first-order valence-corrected chi connectivity index (χ1v) is 5.94. The molecule has 0 amide bonds. The molecule has 2 heterocycles. The van der Waals surface area contributed by atoms with Crippen LogP contribution >= 0.6 is 15.9 Å². The highest BCUT2D eigenvalue weighted by Crippen LogP contribution is 2.28. The Balaban J connectivity index is 2.12. The van der Waals surface area contributed by atoms with Crippen LogP contribution in [0.4, 0.5) is 5.82 Å². The van der Waals surface area contributed by atoms with Gasteiger partial charge in [0.15, 0.2) is 16.3 Å². The Morgan fingerprint density at radius 1 is 1.25 bits per heavy atom. The van der Waals surface area contributed by atoms with Crippen molar-refractivity contribution in [1.29, 1.82) is 0 Å². The Hall–Kier alpha value is -1.36. The molecule has 82 valence electrons. The summed E-state index contributed by atoms with van der Waals surface area (Å²) in [6, 6.07) is 3.66. The zero-order chi connectivity index (χ0) is 11.1. The largest absolute Gasteiger partial charge is 0.446 e. The van der Waals surface area contributed by atoms with Gasteiger partial charge < -0.3 is 10.2 Å². The Labute approximate surface area is 101 Å². The summed E-state index contributed by atoms with van der Waals surface area (Å²) >= 11 is 3.26. The average Bonchev–Trinajstić information content (AvgIpc) is 2.85. The molecule has 2 aromatic rings. The van der Waals surface area contributed by atoms with E-state index < -0.39 is 0 Å². The molecule has 3 rings (SSSR count). The smallest absolute Gasteiger partial charge is 0.197 e. The minimum Gasteiger partial charge on any atom is -0.446 e. The van der Waals surface area contributed by atoms with Gasteiger partial charge in [-0.1, -0.05) is 0 Å². The second-order valence-corrected chi connectivity index (χ2v) is 4.60. The number of nitrogens with two attached hydrogens (primary N) is 1. The Bertz CT molecular complexity index is 550. The molecule has 0 unspecified atom stereocenters. The summed E-state index contributed by atoms with van der Waals surface area (Å²) in [5.41, 5.74) is 8.08. The van der Waals surface area contributed by atoms with Crippen molar-refractivity contribution in [2.45, 2.75) is 19.3 Å². The van der Waals surface area contributed by atoms with Gasteiger partial charge >= 0.3 is 0 Å². The number of nitrogen functional groups attached to an aromatic ring is 1. The van der Waals surface area contributed by atoms with Crippen LogP contribution in [0.1, 0.15) is 17.7 Å². The second-order valence-electron chi connectivity index (χ2n) is 3.82. The number of halogens is 1. The molecule has 0 atom stereocenters. The minimum atomic E-state index is 0.573. The van der Waals surface area contributed by atoms with E-state index in [4.69, 9.17) is 10.2 Å². The Morgan fingerprint density at radius 2 is 2.12 bits per heavy atom. The van der Waals surface area contributed by atoms with Crippen LogP contribution in [-0.2, 0) is 12.8 Å². The van der Waals surface area contributed by atoms with Crippen molar-refractivity contribution >= 4 is 21.7 Å². The summed E-state index contributed by atoms with van der Waals surface area (Å²) in [7, 11) is 0. The highest BCUT2D eigenvalue weighted by Gasteiger charge is 2.19. The summed E-state index contributed by atoms with van der Waals surface area (Å²) in [6.07, 6.45) is 3.08. The number of nitrogens with zero attached hydrogens (tertiary/aromatic N) is 2. The summed E-state index contributed by atoms with van der Waals surface area (Å²) in [5, 5.41) is 0. The third-order valence-corrected chi connectivity index (χ3v) is 3.18. The van der Waals surface area contributed by atoms with Gasteiger partial charge in [0.05, 0.1) is 0 Å². The summed E-state index contributed by atoms with van der Waals surface area (Å²) in [6.45, 7) is 0. The first-order chi connectivity index (χ1) is 7.74. The minimum absolute atomic E-state index is 0.573. The molecule has 16 heavy (non-hydrogen) atoms. The van der Waals surface area contributed by atoms with Crippen molar-refractivity contribution in [3.8, 4) is 11.6 Å². The fourth-order valence-corrected chi connectivity index (χ4v) is 2.31. The number of furan rings is 1. The fourth-order valence-electron chi connectivity index (χ4n) is 2.01. The van der Waals surface area contributed by atoms with Crippen molar-refractivity contribution in [2.24, 2.45) is 0 Å². The van der Waals surface area contributed by atoms with Crippen molar-refractivity contribution in [3.05, 3.63) is 28.1 Å². The molecule has 5 heteroatoms. The van der Waals surface area contributed by atoms with Crippen LogP contribution in [0, 0.1) is 0 Å². The second kappa shape index (κ2) is 3.59. The van der Waals surface area contributed by atoms with Gasteiger partial charge in [-0.25, -0.2) is 9.97 Å². The molecular formula is C11H10BrN3O. The van der Waals surface area contributed by atoms with Gasteiger partial charge in [-0.2, -0.15) is 0 Å². The van der Waals surface area contributed by atoms with Crippen LogP contribution in [-0.4, -0.2) is 9.97 Å². The summed E-state index contributed by atoms with van der Waals surface area (Å²) in [4.78, 5) is 8.77. The lowest BCUT2D eigenvalue weighted by Crippen LogP contribution is -2.02. The Kier molecular flexibility index (Phi) is 2.21. The Morgan fingerprint density at radius 3 is 2.88 bits per heavy atom. The quantitative estimate of drug-likeness (QED) is 0.871. The van der Waals surface area contributed by atoms with E-state index in [1.54, 1.807) is 0 Å². The number of fused-ring (bicyclic) bond motifs is 1. The SMILES string of the molecule is Nc1nc(-c2ccc(Br)o2)nc2c1CCC2. The maximum absolute atomic E-state index is 5.91. The molecule has 0 aliphatic heterocycles. The van der Waals surface area contributed by atoms with E-state index in [1.807, 2.05) is 12.1 Å². The molecule has 0 spiro atoms. The zero-order valence-electron chi connectivity index (χ0n) is 8.53. The van der Waals surface area contributed by atoms with E-state index in [0.29, 0.717) is 22.1 Å². The molecule has 2 N–H and O–H groups in total. The maximum atomic E-state index is 5.91. The number of aryl methyl sites for hydroxylation is 1. The van der Waals surface area contributed by atoms with Crippen molar-refractivity contribution in [3.63, 3.8) is 0 Å². The molecule has 4 nitrogen and oxygen atoms in total. The molecular weight excluding hydrogens is 270 g/mol. The molecule has 0 aromatic carbocycles. The molecule has 1 aliphatic carbocycles. The van der Waals surface area contributed by atoms with Crippen LogP contribution in [0.25, 0.3) is 11.6 Å². The van der Waals surface area contributed by atoms with E-state index >= 15 is 0 Å². The summed E-state index contributed by atoms with van der Waals surface area (Å²) < 4.78 is 6.09. The highest BCUT2D eigenvalue weighted by atomic mass is 79.9. The van der Waals surface area contributed by atoms with Crippen LogP contribution in [0.15, 0.2) is 21.2 Å². The summed E-state index contributed by atoms with van der Waals surface area (Å²) in [5.74, 6) is 1.81. The number of anilines is 1. The molecule has 0 fully saturated rings. The zero-order valence-corrected chi connectivity index (χ0v) is 10.1. The fraction of sp³-hybridized carbons (Fsp3) is 0.273. The van der Waals surface area contributed by atoms with E-state index in [2.05, 4.69) is 25.9 Å². The van der Waals surface area contributed by atoms with E-state index in [0.717, 1.165) is 30.5 Å². The lowest BCUT2D eigenvalue weighted by molar-refractivity contribution is 0.551. The maximum Gasteiger partial charge on any atom is 0.197 e. The third kappa shape index (κ3) is 1.51. The van der Waals surface area contributed by atoms with Crippen LogP contribution in [0.2, 0.25) is 0 Å². The van der Waals surface area contributed by atoms with Gasteiger partial charge in [-0.05, 0) is 47.3 Å².